The first kappa shape index (κ1) is 11.4. The molecular formula is C13H15N3O. The molecule has 0 radical (unpaired) electrons. The largest absolute Gasteiger partial charge is 0.347 e. The van der Waals surface area contributed by atoms with Crippen LogP contribution in [0.15, 0.2) is 37.1 Å². The molecule has 2 rings (SSSR count). The molecule has 4 heteroatoms. The number of carbonyl (C=O) groups excluding carboxylic acids is 1. The highest BCUT2D eigenvalue weighted by molar-refractivity contribution is 5.94. The SMILES string of the molecule is C=CCNC(=O)c1c(CC)nc2ccccn12. The Balaban J connectivity index is 2.49. The van der Waals surface area contributed by atoms with Crippen molar-refractivity contribution in [3.05, 3.63) is 48.4 Å². The molecule has 0 aliphatic heterocycles. The molecule has 1 amide bonds. The van der Waals surface area contributed by atoms with Crippen molar-refractivity contribution in [2.75, 3.05) is 6.54 Å². The van der Waals surface area contributed by atoms with Crippen molar-refractivity contribution in [2.24, 2.45) is 0 Å². The minimum atomic E-state index is -0.111. The number of nitrogens with one attached hydrogen (secondary N) is 1. The highest BCUT2D eigenvalue weighted by Gasteiger charge is 2.16. The lowest BCUT2D eigenvalue weighted by molar-refractivity contribution is 0.0951. The smallest absolute Gasteiger partial charge is 0.270 e. The Hall–Kier alpha value is -2.10. The van der Waals surface area contributed by atoms with Gasteiger partial charge in [-0.1, -0.05) is 19.1 Å². The first-order valence-electron chi connectivity index (χ1n) is 5.63. The number of carbonyl (C=O) groups is 1. The number of fused-ring (bicyclic) bond motifs is 1. The van der Waals surface area contributed by atoms with Gasteiger partial charge in [-0.15, -0.1) is 6.58 Å². The van der Waals surface area contributed by atoms with Crippen LogP contribution in [0.4, 0.5) is 0 Å². The average Bonchev–Trinajstić information content (AvgIpc) is 2.74. The van der Waals surface area contributed by atoms with Gasteiger partial charge in [0.25, 0.3) is 5.91 Å². The van der Waals surface area contributed by atoms with Gasteiger partial charge < -0.3 is 5.32 Å². The minimum absolute atomic E-state index is 0.111. The Kier molecular flexibility index (Phi) is 3.23. The molecule has 17 heavy (non-hydrogen) atoms. The summed E-state index contributed by atoms with van der Waals surface area (Å²) in [5, 5.41) is 2.78. The molecule has 2 aromatic heterocycles. The van der Waals surface area contributed by atoms with Crippen LogP contribution < -0.4 is 5.32 Å². The molecule has 0 saturated heterocycles. The third-order valence-corrected chi connectivity index (χ3v) is 2.56. The summed E-state index contributed by atoms with van der Waals surface area (Å²) in [5.74, 6) is -0.111. The molecule has 88 valence electrons. The average molecular weight is 229 g/mol. The van der Waals surface area contributed by atoms with Crippen LogP contribution in [0.25, 0.3) is 5.65 Å². The van der Waals surface area contributed by atoms with Crippen LogP contribution in [0, 0.1) is 0 Å². The van der Waals surface area contributed by atoms with E-state index < -0.39 is 0 Å². The van der Waals surface area contributed by atoms with Crippen molar-refractivity contribution in [1.82, 2.24) is 14.7 Å². The normalized spacial score (nSPS) is 10.4. The van der Waals surface area contributed by atoms with Crippen LogP contribution >= 0.6 is 0 Å². The summed E-state index contributed by atoms with van der Waals surface area (Å²) < 4.78 is 1.82. The van der Waals surface area contributed by atoms with E-state index in [0.29, 0.717) is 12.2 Å². The molecule has 0 aromatic carbocycles. The maximum atomic E-state index is 12.0. The van der Waals surface area contributed by atoms with E-state index in [1.54, 1.807) is 6.08 Å². The monoisotopic (exact) mass is 229 g/mol. The van der Waals surface area contributed by atoms with Gasteiger partial charge in [0.1, 0.15) is 11.3 Å². The lowest BCUT2D eigenvalue weighted by Crippen LogP contribution is -2.25. The Morgan fingerprint density at radius 1 is 1.59 bits per heavy atom. The Morgan fingerprint density at radius 2 is 2.41 bits per heavy atom. The molecular weight excluding hydrogens is 214 g/mol. The maximum Gasteiger partial charge on any atom is 0.270 e. The summed E-state index contributed by atoms with van der Waals surface area (Å²) in [6, 6.07) is 5.69. The molecule has 4 nitrogen and oxygen atoms in total. The Morgan fingerprint density at radius 3 is 3.12 bits per heavy atom. The van der Waals surface area contributed by atoms with Gasteiger partial charge in [0.2, 0.25) is 0 Å². The molecule has 0 atom stereocenters. The molecule has 0 saturated carbocycles. The number of aromatic nitrogens is 2. The van der Waals surface area contributed by atoms with E-state index in [2.05, 4.69) is 16.9 Å². The summed E-state index contributed by atoms with van der Waals surface area (Å²) >= 11 is 0. The predicted molar refractivity (Wildman–Crippen MR) is 67.1 cm³/mol. The fourth-order valence-corrected chi connectivity index (χ4v) is 1.78. The van der Waals surface area contributed by atoms with Gasteiger partial charge in [0.05, 0.1) is 5.69 Å². The van der Waals surface area contributed by atoms with Crippen molar-refractivity contribution in [3.63, 3.8) is 0 Å². The number of hydrogen-bond acceptors (Lipinski definition) is 2. The molecule has 2 aromatic rings. The van der Waals surface area contributed by atoms with Crippen LogP contribution in [0.1, 0.15) is 23.1 Å². The van der Waals surface area contributed by atoms with Crippen molar-refractivity contribution >= 4 is 11.6 Å². The van der Waals surface area contributed by atoms with Crippen LogP contribution in [0.3, 0.4) is 0 Å². The van der Waals surface area contributed by atoms with Crippen molar-refractivity contribution in [2.45, 2.75) is 13.3 Å². The zero-order chi connectivity index (χ0) is 12.3. The number of amides is 1. The molecule has 1 N–H and O–H groups in total. The van der Waals surface area contributed by atoms with Crippen LogP contribution in [0.2, 0.25) is 0 Å². The fourth-order valence-electron chi connectivity index (χ4n) is 1.78. The maximum absolute atomic E-state index is 12.0. The molecule has 0 aliphatic carbocycles. The first-order chi connectivity index (χ1) is 8.27. The summed E-state index contributed by atoms with van der Waals surface area (Å²) in [6.07, 6.45) is 4.25. The summed E-state index contributed by atoms with van der Waals surface area (Å²) in [4.78, 5) is 16.5. The van der Waals surface area contributed by atoms with Crippen LogP contribution in [0.5, 0.6) is 0 Å². The van der Waals surface area contributed by atoms with Crippen LogP contribution in [-0.2, 0) is 6.42 Å². The molecule has 0 aliphatic rings. The highest BCUT2D eigenvalue weighted by Crippen LogP contribution is 2.13. The highest BCUT2D eigenvalue weighted by atomic mass is 16.1. The van der Waals surface area contributed by atoms with Gasteiger partial charge in [-0.2, -0.15) is 0 Å². The van der Waals surface area contributed by atoms with Crippen molar-refractivity contribution in [3.8, 4) is 0 Å². The van der Waals surface area contributed by atoms with Gasteiger partial charge in [-0.25, -0.2) is 4.98 Å². The van der Waals surface area contributed by atoms with E-state index in [1.165, 1.54) is 0 Å². The van der Waals surface area contributed by atoms with Crippen molar-refractivity contribution in [1.29, 1.82) is 0 Å². The van der Waals surface area contributed by atoms with Gasteiger partial charge in [-0.05, 0) is 18.6 Å². The second-order valence-corrected chi connectivity index (χ2v) is 3.69. The Bertz CT molecular complexity index is 557. The second-order valence-electron chi connectivity index (χ2n) is 3.69. The van der Waals surface area contributed by atoms with Crippen LogP contribution in [-0.4, -0.2) is 21.8 Å². The van der Waals surface area contributed by atoms with Crippen molar-refractivity contribution < 1.29 is 4.79 Å². The number of hydrogen-bond donors (Lipinski definition) is 1. The van der Waals surface area contributed by atoms with E-state index in [9.17, 15) is 4.79 Å². The van der Waals surface area contributed by atoms with Gasteiger partial charge in [0, 0.05) is 12.7 Å². The van der Waals surface area contributed by atoms with E-state index in [4.69, 9.17) is 0 Å². The third-order valence-electron chi connectivity index (χ3n) is 2.56. The van der Waals surface area contributed by atoms with E-state index in [-0.39, 0.29) is 5.91 Å². The minimum Gasteiger partial charge on any atom is -0.347 e. The number of nitrogens with zero attached hydrogens (tertiary/aromatic N) is 2. The zero-order valence-corrected chi connectivity index (χ0v) is 9.81. The van der Waals surface area contributed by atoms with E-state index in [1.807, 2.05) is 35.7 Å². The molecule has 2 heterocycles. The molecule has 0 fully saturated rings. The lowest BCUT2D eigenvalue weighted by Gasteiger charge is -2.03. The third kappa shape index (κ3) is 2.06. The van der Waals surface area contributed by atoms with Gasteiger partial charge >= 0.3 is 0 Å². The quantitative estimate of drug-likeness (QED) is 0.813. The molecule has 0 unspecified atom stereocenters. The number of rotatable bonds is 4. The molecule has 0 spiro atoms. The zero-order valence-electron chi connectivity index (χ0n) is 9.81. The summed E-state index contributed by atoms with van der Waals surface area (Å²) in [5.41, 5.74) is 2.23. The topological polar surface area (TPSA) is 46.4 Å². The number of imidazole rings is 1. The van der Waals surface area contributed by atoms with Gasteiger partial charge in [0.15, 0.2) is 0 Å². The summed E-state index contributed by atoms with van der Waals surface area (Å²) in [7, 11) is 0. The predicted octanol–water partition coefficient (Wildman–Crippen LogP) is 1.81. The van der Waals surface area contributed by atoms with E-state index >= 15 is 0 Å². The molecule has 0 bridgehead atoms. The first-order valence-corrected chi connectivity index (χ1v) is 5.63. The Labute approximate surface area is 100.0 Å². The number of aryl methyl sites for hydroxylation is 1. The fraction of sp³-hybridized carbons (Fsp3) is 0.231. The number of pyridine rings is 1. The lowest BCUT2D eigenvalue weighted by atomic mass is 10.2. The second kappa shape index (κ2) is 4.82. The standard InChI is InChI=1S/C13H15N3O/c1-3-8-14-13(17)12-10(4-2)15-11-7-5-6-9-16(11)12/h3,5-7,9H,1,4,8H2,2H3,(H,14,17). The van der Waals surface area contributed by atoms with Gasteiger partial charge in [-0.3, -0.25) is 9.20 Å². The summed E-state index contributed by atoms with van der Waals surface area (Å²) in [6.45, 7) is 6.03. The van der Waals surface area contributed by atoms with E-state index in [0.717, 1.165) is 17.8 Å².